The van der Waals surface area contributed by atoms with E-state index in [1.54, 1.807) is 30.3 Å². The number of thioether (sulfide) groups is 1. The third-order valence-corrected chi connectivity index (χ3v) is 8.10. The summed E-state index contributed by atoms with van der Waals surface area (Å²) in [4.78, 5) is 37.9. The number of hydrogen-bond acceptors (Lipinski definition) is 10. The summed E-state index contributed by atoms with van der Waals surface area (Å²) >= 11 is 1.48. The lowest BCUT2D eigenvalue weighted by atomic mass is 10.0. The van der Waals surface area contributed by atoms with Crippen LogP contribution in [0.4, 0.5) is 21.9 Å². The quantitative estimate of drug-likeness (QED) is 0.413. The number of benzene rings is 1. The average molecular weight is 537 g/mol. The Morgan fingerprint density at radius 2 is 2.18 bits per heavy atom. The van der Waals surface area contributed by atoms with Crippen molar-refractivity contribution in [3.8, 4) is 5.88 Å². The number of nitrogens with one attached hydrogen (secondary N) is 2. The Kier molecular flexibility index (Phi) is 6.46. The van der Waals surface area contributed by atoms with Crippen LogP contribution in [-0.4, -0.2) is 84.4 Å². The first-order valence-corrected chi connectivity index (χ1v) is 13.4. The number of methoxy groups -OCH3 is 1. The van der Waals surface area contributed by atoms with E-state index in [4.69, 9.17) is 9.47 Å². The average Bonchev–Trinajstić information content (AvgIpc) is 3.49. The fourth-order valence-corrected chi connectivity index (χ4v) is 5.90. The summed E-state index contributed by atoms with van der Waals surface area (Å²) in [6.45, 7) is 2.27. The molecule has 1 aromatic carbocycles. The van der Waals surface area contributed by atoms with E-state index in [2.05, 4.69) is 25.5 Å². The molecule has 0 spiro atoms. The van der Waals surface area contributed by atoms with Crippen LogP contribution >= 0.6 is 11.8 Å². The van der Waals surface area contributed by atoms with Gasteiger partial charge in [-0.25, -0.2) is 9.78 Å². The fourth-order valence-electron chi connectivity index (χ4n) is 5.11. The summed E-state index contributed by atoms with van der Waals surface area (Å²) in [6, 6.07) is 11.1. The molecule has 5 heterocycles. The number of rotatable bonds is 7. The van der Waals surface area contributed by atoms with E-state index < -0.39 is 11.7 Å². The maximum absolute atomic E-state index is 12.6. The van der Waals surface area contributed by atoms with Gasteiger partial charge in [-0.05, 0) is 36.8 Å². The highest BCUT2D eigenvalue weighted by Gasteiger charge is 2.38. The van der Waals surface area contributed by atoms with Crippen LogP contribution in [0.3, 0.4) is 0 Å². The molecule has 3 aliphatic rings. The monoisotopic (exact) mass is 536 g/mol. The van der Waals surface area contributed by atoms with Gasteiger partial charge in [0, 0.05) is 49.0 Å². The van der Waals surface area contributed by atoms with Gasteiger partial charge in [0.2, 0.25) is 11.8 Å². The highest BCUT2D eigenvalue weighted by atomic mass is 32.2. The second-order valence-electron chi connectivity index (χ2n) is 9.71. The van der Waals surface area contributed by atoms with Gasteiger partial charge in [0.15, 0.2) is 0 Å². The van der Waals surface area contributed by atoms with Gasteiger partial charge in [0.25, 0.3) is 0 Å². The van der Waals surface area contributed by atoms with E-state index in [1.165, 1.54) is 11.8 Å². The van der Waals surface area contributed by atoms with Gasteiger partial charge in [-0.2, -0.15) is 0 Å². The van der Waals surface area contributed by atoms with Gasteiger partial charge in [0.05, 0.1) is 41.9 Å². The lowest BCUT2D eigenvalue weighted by molar-refractivity contribution is -0.113. The van der Waals surface area contributed by atoms with Crippen molar-refractivity contribution in [2.75, 3.05) is 60.7 Å². The Morgan fingerprint density at radius 3 is 3.05 bits per heavy atom. The molecule has 198 valence electrons. The molecule has 11 nitrogen and oxygen atoms in total. The molecule has 1 unspecified atom stereocenters. The summed E-state index contributed by atoms with van der Waals surface area (Å²) in [5.74, 6) is 0.852. The third-order valence-electron chi connectivity index (χ3n) is 7.03. The number of β-amino-alcohol motifs (C(OH)–C–C–N with tert-alkyl or cyclic N) is 1. The standard InChI is InChI=1S/C26H28N6O5S/c1-36-23-5-3-18-24(30-23)20(6-8-28-18)31-9-7-26(35,15-31)14-27-11-17-12-32(25(34)37-17)16-2-4-21-19(10-16)29-22(33)13-38-21/h2-6,8,10,17,27,35H,7,9,11-15H2,1H3,(H,29,33)/t17?,26-/m1/s1. The number of aromatic nitrogens is 2. The minimum Gasteiger partial charge on any atom is -0.481 e. The Bertz CT molecular complexity index is 1410. The maximum atomic E-state index is 12.6. The molecule has 3 N–H and O–H groups in total. The molecule has 0 aliphatic carbocycles. The van der Waals surface area contributed by atoms with Crippen molar-refractivity contribution in [2.45, 2.75) is 23.0 Å². The highest BCUT2D eigenvalue weighted by Crippen LogP contribution is 2.36. The Hall–Kier alpha value is -3.61. The Morgan fingerprint density at radius 1 is 1.29 bits per heavy atom. The second kappa shape index (κ2) is 9.93. The molecule has 2 amide bonds. The van der Waals surface area contributed by atoms with Crippen LogP contribution in [0.15, 0.2) is 47.5 Å². The van der Waals surface area contributed by atoms with Gasteiger partial charge in [-0.1, -0.05) is 0 Å². The van der Waals surface area contributed by atoms with Crippen LogP contribution in [0.25, 0.3) is 11.0 Å². The molecule has 3 aliphatic heterocycles. The van der Waals surface area contributed by atoms with Crippen molar-refractivity contribution >= 4 is 51.9 Å². The summed E-state index contributed by atoms with van der Waals surface area (Å²) in [5, 5.41) is 17.4. The predicted octanol–water partition coefficient (Wildman–Crippen LogP) is 2.24. The number of aliphatic hydroxyl groups is 1. The largest absolute Gasteiger partial charge is 0.481 e. The molecule has 2 atom stereocenters. The van der Waals surface area contributed by atoms with Crippen molar-refractivity contribution in [3.05, 3.63) is 42.6 Å². The van der Waals surface area contributed by atoms with Crippen molar-refractivity contribution < 1.29 is 24.2 Å². The van der Waals surface area contributed by atoms with E-state index in [-0.39, 0.29) is 12.0 Å². The van der Waals surface area contributed by atoms with Gasteiger partial charge < -0.3 is 30.1 Å². The first-order valence-electron chi connectivity index (χ1n) is 12.4. The molecule has 2 saturated heterocycles. The van der Waals surface area contributed by atoms with Crippen molar-refractivity contribution in [3.63, 3.8) is 0 Å². The van der Waals surface area contributed by atoms with Crippen LogP contribution in [0.5, 0.6) is 5.88 Å². The number of carbonyl (C=O) groups is 2. The van der Waals surface area contributed by atoms with E-state index in [0.717, 1.165) is 21.6 Å². The van der Waals surface area contributed by atoms with Crippen LogP contribution in [-0.2, 0) is 9.53 Å². The number of nitrogens with zero attached hydrogens (tertiary/aromatic N) is 4. The van der Waals surface area contributed by atoms with Crippen LogP contribution in [0.2, 0.25) is 0 Å². The summed E-state index contributed by atoms with van der Waals surface area (Å²) < 4.78 is 10.8. The molecular weight excluding hydrogens is 508 g/mol. The van der Waals surface area contributed by atoms with Crippen LogP contribution < -0.4 is 25.2 Å². The van der Waals surface area contributed by atoms with E-state index in [0.29, 0.717) is 62.2 Å². The zero-order valence-corrected chi connectivity index (χ0v) is 21.7. The smallest absolute Gasteiger partial charge is 0.414 e. The molecule has 12 heteroatoms. The first kappa shape index (κ1) is 24.7. The van der Waals surface area contributed by atoms with Crippen molar-refractivity contribution in [1.82, 2.24) is 15.3 Å². The molecule has 2 fully saturated rings. The second-order valence-corrected chi connectivity index (χ2v) is 10.7. The molecule has 0 saturated carbocycles. The molecule has 0 radical (unpaired) electrons. The van der Waals surface area contributed by atoms with E-state index >= 15 is 0 Å². The fraction of sp³-hybridized carbons (Fsp3) is 0.385. The maximum Gasteiger partial charge on any atom is 0.414 e. The Balaban J connectivity index is 1.06. The topological polar surface area (TPSA) is 129 Å². The number of anilines is 3. The SMILES string of the molecule is COc1ccc2nccc(N3CC[C@@](O)(CNCC4CN(c5ccc6c(c5)NC(=O)CS6)C(=O)O4)C3)c2n1. The highest BCUT2D eigenvalue weighted by molar-refractivity contribution is 8.00. The zero-order valence-electron chi connectivity index (χ0n) is 20.8. The number of carbonyl (C=O) groups excluding carboxylic acids is 2. The minimum atomic E-state index is -0.939. The number of fused-ring (bicyclic) bond motifs is 2. The van der Waals surface area contributed by atoms with Crippen molar-refractivity contribution in [1.29, 1.82) is 0 Å². The first-order chi connectivity index (χ1) is 18.4. The summed E-state index contributed by atoms with van der Waals surface area (Å²) in [5.41, 5.74) is 2.86. The molecule has 3 aromatic rings. The Labute approximate surface area is 223 Å². The van der Waals surface area contributed by atoms with Gasteiger partial charge >= 0.3 is 6.09 Å². The number of ether oxygens (including phenoxy) is 2. The summed E-state index contributed by atoms with van der Waals surface area (Å²) in [6.07, 6.45) is 1.55. The normalized spacial score (nSPS) is 22.9. The lowest BCUT2D eigenvalue weighted by Crippen LogP contribution is -2.45. The zero-order chi connectivity index (χ0) is 26.3. The number of hydrogen-bond donors (Lipinski definition) is 3. The van der Waals surface area contributed by atoms with Crippen molar-refractivity contribution in [2.24, 2.45) is 0 Å². The number of cyclic esters (lactones) is 1. The number of pyridine rings is 2. The molecule has 38 heavy (non-hydrogen) atoms. The predicted molar refractivity (Wildman–Crippen MR) is 144 cm³/mol. The van der Waals surface area contributed by atoms with Gasteiger partial charge in [0.1, 0.15) is 11.6 Å². The van der Waals surface area contributed by atoms with E-state index in [1.807, 2.05) is 24.3 Å². The molecule has 2 aromatic heterocycles. The van der Waals surface area contributed by atoms with Gasteiger partial charge in [-0.15, -0.1) is 11.8 Å². The third kappa shape index (κ3) is 4.82. The summed E-state index contributed by atoms with van der Waals surface area (Å²) in [7, 11) is 1.58. The van der Waals surface area contributed by atoms with Gasteiger partial charge in [-0.3, -0.25) is 14.7 Å². The molecule has 0 bridgehead atoms. The molecule has 6 rings (SSSR count). The minimum absolute atomic E-state index is 0.0535. The van der Waals surface area contributed by atoms with Crippen LogP contribution in [0.1, 0.15) is 6.42 Å². The lowest BCUT2D eigenvalue weighted by Gasteiger charge is -2.25. The number of amides is 2. The van der Waals surface area contributed by atoms with E-state index in [9.17, 15) is 14.7 Å². The van der Waals surface area contributed by atoms with Crippen LogP contribution in [0, 0.1) is 0 Å². The molecular formula is C26H28N6O5S.